The zero-order valence-electron chi connectivity index (χ0n) is 13.8. The van der Waals surface area contributed by atoms with Crippen LogP contribution in [0.5, 0.6) is 0 Å². The summed E-state index contributed by atoms with van der Waals surface area (Å²) in [6.45, 7) is 0.961. The Labute approximate surface area is 131 Å². The average molecular weight is 293 g/mol. The van der Waals surface area contributed by atoms with E-state index in [1.807, 2.05) is 0 Å². The quantitative estimate of drug-likeness (QED) is 0.758. The number of ether oxygens (including phenoxy) is 1. The zero-order valence-corrected chi connectivity index (χ0v) is 13.8. The molecule has 2 nitrogen and oxygen atoms in total. The molecule has 2 heteroatoms. The first-order valence-corrected chi connectivity index (χ1v) is 9.67. The number of nitrogens with two attached hydrogens (primary N) is 1. The van der Waals surface area contributed by atoms with Gasteiger partial charge < -0.3 is 10.5 Å². The van der Waals surface area contributed by atoms with Gasteiger partial charge in [0.25, 0.3) is 0 Å². The smallest absolute Gasteiger partial charge is 0.0685 e. The van der Waals surface area contributed by atoms with Gasteiger partial charge in [-0.25, -0.2) is 0 Å². The first-order chi connectivity index (χ1) is 10.3. The Hall–Kier alpha value is -0.0800. The predicted molar refractivity (Wildman–Crippen MR) is 88.3 cm³/mol. The molecule has 0 amide bonds. The van der Waals surface area contributed by atoms with Crippen LogP contribution in [0.25, 0.3) is 0 Å². The summed E-state index contributed by atoms with van der Waals surface area (Å²) in [6.07, 6.45) is 19.1. The van der Waals surface area contributed by atoms with Crippen LogP contribution in [0.4, 0.5) is 0 Å². The fourth-order valence-electron chi connectivity index (χ4n) is 5.15. The highest BCUT2D eigenvalue weighted by molar-refractivity contribution is 4.92. The summed E-state index contributed by atoms with van der Waals surface area (Å²) in [6, 6.07) is 0.427. The van der Waals surface area contributed by atoms with E-state index in [9.17, 15) is 0 Å². The minimum Gasteiger partial charge on any atom is -0.375 e. The fraction of sp³-hybridized carbons (Fsp3) is 1.00. The lowest BCUT2D eigenvalue weighted by atomic mass is 9.73. The van der Waals surface area contributed by atoms with E-state index in [0.29, 0.717) is 6.04 Å². The molecule has 3 rings (SSSR count). The molecule has 3 fully saturated rings. The van der Waals surface area contributed by atoms with Crippen molar-refractivity contribution in [3.8, 4) is 0 Å². The normalized spacial score (nSPS) is 32.7. The van der Waals surface area contributed by atoms with Crippen LogP contribution >= 0.6 is 0 Å². The van der Waals surface area contributed by atoms with Crippen LogP contribution in [0.15, 0.2) is 0 Å². The predicted octanol–water partition coefficient (Wildman–Crippen LogP) is 4.80. The van der Waals surface area contributed by atoms with Crippen molar-refractivity contribution < 1.29 is 4.74 Å². The molecule has 1 heterocycles. The van der Waals surface area contributed by atoms with Crippen LogP contribution < -0.4 is 5.73 Å². The lowest BCUT2D eigenvalue weighted by molar-refractivity contribution is -0.121. The van der Waals surface area contributed by atoms with E-state index in [2.05, 4.69) is 0 Å². The molecule has 2 unspecified atom stereocenters. The highest BCUT2D eigenvalue weighted by atomic mass is 16.5. The van der Waals surface area contributed by atoms with Gasteiger partial charge in [0.1, 0.15) is 0 Å². The van der Waals surface area contributed by atoms with E-state index >= 15 is 0 Å². The van der Waals surface area contributed by atoms with E-state index in [0.717, 1.165) is 18.4 Å². The van der Waals surface area contributed by atoms with E-state index < -0.39 is 0 Å². The molecule has 2 N–H and O–H groups in total. The first-order valence-electron chi connectivity index (χ1n) is 9.67. The van der Waals surface area contributed by atoms with Crippen LogP contribution in [0.2, 0.25) is 0 Å². The van der Waals surface area contributed by atoms with Gasteiger partial charge >= 0.3 is 0 Å². The Morgan fingerprint density at radius 2 is 1.57 bits per heavy atom. The minimum absolute atomic E-state index is 0.224. The van der Waals surface area contributed by atoms with Crippen LogP contribution in [0, 0.1) is 11.8 Å². The van der Waals surface area contributed by atoms with E-state index in [1.165, 1.54) is 89.9 Å². The third kappa shape index (κ3) is 4.22. The Balaban J connectivity index is 1.52. The van der Waals surface area contributed by atoms with Crippen LogP contribution in [-0.2, 0) is 4.74 Å². The fourth-order valence-corrected chi connectivity index (χ4v) is 5.15. The Kier molecular flexibility index (Phi) is 5.61. The Morgan fingerprint density at radius 1 is 0.905 bits per heavy atom. The highest BCUT2D eigenvalue weighted by Crippen LogP contribution is 2.42. The van der Waals surface area contributed by atoms with Gasteiger partial charge in [-0.1, -0.05) is 57.8 Å². The first kappa shape index (κ1) is 15.8. The molecule has 0 bridgehead atoms. The Bertz CT molecular complexity index is 297. The zero-order chi connectivity index (χ0) is 14.5. The molecule has 1 spiro atoms. The van der Waals surface area contributed by atoms with Crippen LogP contribution in [0.3, 0.4) is 0 Å². The molecule has 0 aromatic rings. The summed E-state index contributed by atoms with van der Waals surface area (Å²) in [5.41, 5.74) is 6.89. The molecule has 1 saturated heterocycles. The van der Waals surface area contributed by atoms with Crippen molar-refractivity contribution in [2.24, 2.45) is 17.6 Å². The van der Waals surface area contributed by atoms with E-state index in [-0.39, 0.29) is 5.60 Å². The van der Waals surface area contributed by atoms with Crippen molar-refractivity contribution in [2.75, 3.05) is 6.61 Å². The topological polar surface area (TPSA) is 35.2 Å². The van der Waals surface area contributed by atoms with Gasteiger partial charge in [0.05, 0.1) is 5.60 Å². The van der Waals surface area contributed by atoms with Gasteiger partial charge in [0.15, 0.2) is 0 Å². The number of rotatable bonds is 3. The molecule has 2 atom stereocenters. The summed E-state index contributed by atoms with van der Waals surface area (Å²) in [5, 5.41) is 0. The van der Waals surface area contributed by atoms with Gasteiger partial charge in [-0.05, 0) is 43.9 Å². The molecule has 0 radical (unpaired) electrons. The molecule has 0 aromatic carbocycles. The van der Waals surface area contributed by atoms with Gasteiger partial charge in [0, 0.05) is 12.6 Å². The summed E-state index contributed by atoms with van der Waals surface area (Å²) in [4.78, 5) is 0. The summed E-state index contributed by atoms with van der Waals surface area (Å²) in [5.74, 6) is 1.63. The van der Waals surface area contributed by atoms with Crippen molar-refractivity contribution in [3.63, 3.8) is 0 Å². The molecule has 0 aromatic heterocycles. The maximum Gasteiger partial charge on any atom is 0.0685 e. The second-order valence-electron chi connectivity index (χ2n) is 8.10. The van der Waals surface area contributed by atoms with E-state index in [1.54, 1.807) is 0 Å². The molecule has 2 saturated carbocycles. The van der Waals surface area contributed by atoms with Crippen molar-refractivity contribution in [1.29, 1.82) is 0 Å². The monoisotopic (exact) mass is 293 g/mol. The van der Waals surface area contributed by atoms with Crippen molar-refractivity contribution >= 4 is 0 Å². The van der Waals surface area contributed by atoms with Crippen molar-refractivity contribution in [1.82, 2.24) is 0 Å². The van der Waals surface area contributed by atoms with Crippen LogP contribution in [0.1, 0.15) is 89.9 Å². The van der Waals surface area contributed by atoms with Crippen molar-refractivity contribution in [3.05, 3.63) is 0 Å². The molecule has 1 aliphatic heterocycles. The SMILES string of the molecule is NC(CC1CCCCCC1)C1CCOC2(CCCCC2)C1. The third-order valence-corrected chi connectivity index (χ3v) is 6.48. The molecular formula is C19H35NO. The highest BCUT2D eigenvalue weighted by Gasteiger charge is 2.40. The van der Waals surface area contributed by atoms with Crippen LogP contribution in [-0.4, -0.2) is 18.2 Å². The van der Waals surface area contributed by atoms with Crippen molar-refractivity contribution in [2.45, 2.75) is 102 Å². The minimum atomic E-state index is 0.224. The number of hydrogen-bond donors (Lipinski definition) is 1. The maximum absolute atomic E-state index is 6.66. The van der Waals surface area contributed by atoms with Gasteiger partial charge in [-0.2, -0.15) is 0 Å². The molecule has 3 aliphatic rings. The second-order valence-corrected chi connectivity index (χ2v) is 8.10. The molecular weight excluding hydrogens is 258 g/mol. The average Bonchev–Trinajstić information content (AvgIpc) is 2.77. The third-order valence-electron chi connectivity index (χ3n) is 6.48. The maximum atomic E-state index is 6.66. The molecule has 2 aliphatic carbocycles. The summed E-state index contributed by atoms with van der Waals surface area (Å²) < 4.78 is 6.24. The lowest BCUT2D eigenvalue weighted by Gasteiger charge is -2.45. The van der Waals surface area contributed by atoms with Gasteiger partial charge in [-0.15, -0.1) is 0 Å². The van der Waals surface area contributed by atoms with Gasteiger partial charge in [-0.3, -0.25) is 0 Å². The standard InChI is InChI=1S/C19H35NO/c20-18(14-16-8-4-1-2-5-9-16)17-10-13-21-19(15-17)11-6-3-7-12-19/h16-18H,1-15,20H2. The Morgan fingerprint density at radius 3 is 2.29 bits per heavy atom. The summed E-state index contributed by atoms with van der Waals surface area (Å²) in [7, 11) is 0. The largest absolute Gasteiger partial charge is 0.375 e. The van der Waals surface area contributed by atoms with E-state index in [4.69, 9.17) is 10.5 Å². The second kappa shape index (κ2) is 7.46. The molecule has 122 valence electrons. The summed E-state index contributed by atoms with van der Waals surface area (Å²) >= 11 is 0. The van der Waals surface area contributed by atoms with Gasteiger partial charge in [0.2, 0.25) is 0 Å². The lowest BCUT2D eigenvalue weighted by Crippen LogP contribution is -2.46. The molecule has 21 heavy (non-hydrogen) atoms. The number of hydrogen-bond acceptors (Lipinski definition) is 2.